The van der Waals surface area contributed by atoms with E-state index in [1.165, 1.54) is 25.7 Å². The van der Waals surface area contributed by atoms with Crippen LogP contribution in [0.5, 0.6) is 0 Å². The van der Waals surface area contributed by atoms with Crippen LogP contribution in [0.15, 0.2) is 11.6 Å². The Hall–Kier alpha value is -0.670. The van der Waals surface area contributed by atoms with Crippen molar-refractivity contribution in [3.63, 3.8) is 0 Å². The fourth-order valence-electron chi connectivity index (χ4n) is 8.51. The third-order valence-corrected chi connectivity index (χ3v) is 10.3. The van der Waals surface area contributed by atoms with E-state index >= 15 is 0 Å². The Labute approximate surface area is 183 Å². The minimum absolute atomic E-state index is 0.0267. The Kier molecular flexibility index (Phi) is 6.03. The first-order chi connectivity index (χ1) is 14.1. The third-order valence-electron chi connectivity index (χ3n) is 10.3. The molecule has 4 aliphatic rings. The van der Waals surface area contributed by atoms with Crippen LogP contribution in [-0.4, -0.2) is 28.2 Å². The highest BCUT2D eigenvalue weighted by Gasteiger charge is 2.64. The molecule has 0 amide bonds. The number of aliphatic hydroxyl groups is 2. The van der Waals surface area contributed by atoms with Crippen LogP contribution in [0.1, 0.15) is 92.4 Å². The normalized spacial score (nSPS) is 46.8. The summed E-state index contributed by atoms with van der Waals surface area (Å²) in [5.41, 5.74) is 1.04. The first kappa shape index (κ1) is 22.5. The largest absolute Gasteiger partial charge is 0.393 e. The lowest BCUT2D eigenvalue weighted by molar-refractivity contribution is -0.168. The summed E-state index contributed by atoms with van der Waals surface area (Å²) in [6.45, 7) is 11.7. The molecule has 3 saturated carbocycles. The van der Waals surface area contributed by atoms with Crippen LogP contribution >= 0.6 is 0 Å². The van der Waals surface area contributed by atoms with Gasteiger partial charge in [-0.15, -0.1) is 0 Å². The summed E-state index contributed by atoms with van der Waals surface area (Å²) in [6, 6.07) is 0. The van der Waals surface area contributed by atoms with Gasteiger partial charge in [0.1, 0.15) is 0 Å². The quantitative estimate of drug-likeness (QED) is 0.619. The average molecular weight is 417 g/mol. The Morgan fingerprint density at radius 3 is 2.53 bits per heavy atom. The van der Waals surface area contributed by atoms with E-state index in [0.29, 0.717) is 36.5 Å². The van der Waals surface area contributed by atoms with Crippen LogP contribution in [0.3, 0.4) is 0 Å². The van der Waals surface area contributed by atoms with Crippen molar-refractivity contribution in [1.82, 2.24) is 0 Å². The maximum atomic E-state index is 12.1. The van der Waals surface area contributed by atoms with E-state index in [1.54, 1.807) is 0 Å². The van der Waals surface area contributed by atoms with Crippen molar-refractivity contribution in [3.05, 3.63) is 11.6 Å². The standard InChI is InChI=1S/C27H44O3/c1-16(2)7-6-8-17(3)20-9-10-21-25-22(15-24(30)27(20,21)5)26(4)12-11-19(28)13-18(26)14-23(25)29/h13,16-17,20-25,29-30H,6-12,14-15H2,1-5H3/t17?,20?,21?,22?,23?,24?,25-,26+,27-/m1/s1. The van der Waals surface area contributed by atoms with Gasteiger partial charge in [0.05, 0.1) is 12.2 Å². The number of carbonyl (C=O) groups excluding carboxylic acids is 1. The lowest BCUT2D eigenvalue weighted by Gasteiger charge is -2.61. The third kappa shape index (κ3) is 3.43. The van der Waals surface area contributed by atoms with Crippen LogP contribution in [0.25, 0.3) is 0 Å². The molecule has 0 bridgehead atoms. The summed E-state index contributed by atoms with van der Waals surface area (Å²) in [5, 5.41) is 22.9. The van der Waals surface area contributed by atoms with Gasteiger partial charge in [0.25, 0.3) is 0 Å². The van der Waals surface area contributed by atoms with Crippen LogP contribution in [0, 0.1) is 46.3 Å². The Bertz CT molecular complexity index is 696. The van der Waals surface area contributed by atoms with Crippen molar-refractivity contribution >= 4 is 5.78 Å². The van der Waals surface area contributed by atoms with Gasteiger partial charge in [-0.3, -0.25) is 4.79 Å². The smallest absolute Gasteiger partial charge is 0.155 e. The summed E-state index contributed by atoms with van der Waals surface area (Å²) in [7, 11) is 0. The van der Waals surface area contributed by atoms with E-state index in [1.807, 2.05) is 6.08 Å². The topological polar surface area (TPSA) is 57.5 Å². The molecule has 2 N–H and O–H groups in total. The second kappa shape index (κ2) is 8.03. The van der Waals surface area contributed by atoms with Gasteiger partial charge in [-0.05, 0) is 84.5 Å². The number of hydrogen-bond donors (Lipinski definition) is 2. The molecule has 9 atom stereocenters. The SMILES string of the molecule is CC(C)CCCC(C)C1CCC2[C@H]3C(O)CC4=CC(=O)CC[C@]4(C)C3CC(O)[C@]12C. The highest BCUT2D eigenvalue weighted by Crippen LogP contribution is 2.67. The minimum Gasteiger partial charge on any atom is -0.393 e. The fraction of sp³-hybridized carbons (Fsp3) is 0.889. The molecular formula is C27H44O3. The lowest BCUT2D eigenvalue weighted by atomic mass is 9.45. The predicted octanol–water partition coefficient (Wildman–Crippen LogP) is 5.54. The second-order valence-corrected chi connectivity index (χ2v) is 12.2. The molecule has 3 fully saturated rings. The number of rotatable bonds is 5. The van der Waals surface area contributed by atoms with Gasteiger partial charge in [-0.1, -0.05) is 59.5 Å². The van der Waals surface area contributed by atoms with Crippen LogP contribution in [-0.2, 0) is 4.79 Å². The van der Waals surface area contributed by atoms with Gasteiger partial charge in [0, 0.05) is 6.42 Å². The molecule has 3 nitrogen and oxygen atoms in total. The molecule has 0 aromatic heterocycles. The molecule has 4 aliphatic carbocycles. The van der Waals surface area contributed by atoms with Crippen molar-refractivity contribution < 1.29 is 15.0 Å². The molecule has 4 rings (SSSR count). The summed E-state index contributed by atoms with van der Waals surface area (Å²) in [5.74, 6) is 3.11. The van der Waals surface area contributed by atoms with Crippen molar-refractivity contribution in [3.8, 4) is 0 Å². The number of hydrogen-bond acceptors (Lipinski definition) is 3. The van der Waals surface area contributed by atoms with Crippen LogP contribution in [0.4, 0.5) is 0 Å². The Morgan fingerprint density at radius 1 is 1.10 bits per heavy atom. The Balaban J connectivity index is 1.59. The molecule has 0 heterocycles. The van der Waals surface area contributed by atoms with Crippen molar-refractivity contribution in [2.24, 2.45) is 46.3 Å². The first-order valence-corrected chi connectivity index (χ1v) is 12.7. The van der Waals surface area contributed by atoms with E-state index in [0.717, 1.165) is 30.8 Å². The van der Waals surface area contributed by atoms with Gasteiger partial charge in [0.2, 0.25) is 0 Å². The van der Waals surface area contributed by atoms with E-state index in [4.69, 9.17) is 0 Å². The van der Waals surface area contributed by atoms with Crippen molar-refractivity contribution in [2.75, 3.05) is 0 Å². The number of fused-ring (bicyclic) bond motifs is 5. The molecule has 30 heavy (non-hydrogen) atoms. The van der Waals surface area contributed by atoms with Crippen molar-refractivity contribution in [1.29, 1.82) is 0 Å². The molecular weight excluding hydrogens is 372 g/mol. The summed E-state index contributed by atoms with van der Waals surface area (Å²) < 4.78 is 0. The molecule has 6 unspecified atom stereocenters. The second-order valence-electron chi connectivity index (χ2n) is 12.2. The van der Waals surface area contributed by atoms with Gasteiger partial charge in [0.15, 0.2) is 5.78 Å². The Morgan fingerprint density at radius 2 is 1.83 bits per heavy atom. The maximum Gasteiger partial charge on any atom is 0.155 e. The van der Waals surface area contributed by atoms with Gasteiger partial charge in [-0.25, -0.2) is 0 Å². The molecule has 0 aromatic rings. The van der Waals surface area contributed by atoms with Gasteiger partial charge >= 0.3 is 0 Å². The van der Waals surface area contributed by atoms with E-state index < -0.39 is 0 Å². The zero-order chi connectivity index (χ0) is 21.8. The number of carbonyl (C=O) groups is 1. The number of ketones is 1. The number of aliphatic hydroxyl groups excluding tert-OH is 2. The van der Waals surface area contributed by atoms with Gasteiger partial charge in [-0.2, -0.15) is 0 Å². The lowest BCUT2D eigenvalue weighted by Crippen LogP contribution is -2.60. The highest BCUT2D eigenvalue weighted by atomic mass is 16.3. The van der Waals surface area contributed by atoms with Crippen LogP contribution in [0.2, 0.25) is 0 Å². The average Bonchev–Trinajstić information content (AvgIpc) is 3.02. The molecule has 0 aromatic carbocycles. The van der Waals surface area contributed by atoms with Gasteiger partial charge < -0.3 is 10.2 Å². The summed E-state index contributed by atoms with van der Waals surface area (Å²) >= 11 is 0. The molecule has 3 heteroatoms. The minimum atomic E-state index is -0.368. The monoisotopic (exact) mass is 416 g/mol. The van der Waals surface area contributed by atoms with Crippen LogP contribution < -0.4 is 0 Å². The zero-order valence-corrected chi connectivity index (χ0v) is 19.9. The summed E-state index contributed by atoms with van der Waals surface area (Å²) in [6.07, 6.45) is 10.2. The van der Waals surface area contributed by atoms with E-state index in [2.05, 4.69) is 34.6 Å². The molecule has 0 saturated heterocycles. The fourth-order valence-corrected chi connectivity index (χ4v) is 8.51. The first-order valence-electron chi connectivity index (χ1n) is 12.7. The maximum absolute atomic E-state index is 12.1. The summed E-state index contributed by atoms with van der Waals surface area (Å²) in [4.78, 5) is 12.1. The molecule has 0 spiro atoms. The predicted molar refractivity (Wildman–Crippen MR) is 121 cm³/mol. The zero-order valence-electron chi connectivity index (χ0n) is 19.9. The molecule has 0 aliphatic heterocycles. The van der Waals surface area contributed by atoms with E-state index in [-0.39, 0.29) is 34.7 Å². The van der Waals surface area contributed by atoms with E-state index in [9.17, 15) is 15.0 Å². The highest BCUT2D eigenvalue weighted by molar-refractivity contribution is 5.91. The molecule has 0 radical (unpaired) electrons. The molecule has 170 valence electrons. The van der Waals surface area contributed by atoms with Crippen molar-refractivity contribution in [2.45, 2.75) is 105 Å².